The van der Waals surface area contributed by atoms with Crippen LogP contribution in [0.1, 0.15) is 40.5 Å². The third kappa shape index (κ3) is 3.76. The van der Waals surface area contributed by atoms with Gasteiger partial charge in [0.2, 0.25) is 5.91 Å². The number of aryl methyl sites for hydroxylation is 4. The normalized spacial score (nSPS) is 17.8. The van der Waals surface area contributed by atoms with Gasteiger partial charge in [0, 0.05) is 31.3 Å². The molecule has 5 nitrogen and oxygen atoms in total. The molecule has 1 aliphatic heterocycles. The first-order valence-corrected chi connectivity index (χ1v) is 8.90. The minimum absolute atomic E-state index is 0.0343. The molecule has 2 heterocycles. The average Bonchev–Trinajstić information content (AvgIpc) is 2.86. The van der Waals surface area contributed by atoms with Crippen molar-refractivity contribution in [2.75, 3.05) is 19.8 Å². The number of hydrogen-bond donors (Lipinski definition) is 0. The summed E-state index contributed by atoms with van der Waals surface area (Å²) in [5, 5.41) is 4.50. The van der Waals surface area contributed by atoms with Crippen LogP contribution in [-0.2, 0) is 23.0 Å². The second kappa shape index (κ2) is 7.40. The first-order valence-electron chi connectivity index (χ1n) is 8.90. The van der Waals surface area contributed by atoms with E-state index >= 15 is 0 Å². The molecule has 0 spiro atoms. The lowest BCUT2D eigenvalue weighted by Gasteiger charge is -2.36. The van der Waals surface area contributed by atoms with Crippen LogP contribution < -0.4 is 0 Å². The summed E-state index contributed by atoms with van der Waals surface area (Å²) < 4.78 is 7.56. The van der Waals surface area contributed by atoms with E-state index in [2.05, 4.69) is 43.2 Å². The summed E-state index contributed by atoms with van der Waals surface area (Å²) in [6.45, 7) is 7.93. The largest absolute Gasteiger partial charge is 0.377 e. The molecular weight excluding hydrogens is 314 g/mol. The highest BCUT2D eigenvalue weighted by Gasteiger charge is 2.32. The smallest absolute Gasteiger partial charge is 0.223 e. The molecule has 1 atom stereocenters. The molecule has 134 valence electrons. The number of amides is 1. The third-order valence-electron chi connectivity index (χ3n) is 5.10. The van der Waals surface area contributed by atoms with Gasteiger partial charge in [-0.25, -0.2) is 0 Å². The number of rotatable bonds is 4. The van der Waals surface area contributed by atoms with E-state index in [0.717, 1.165) is 23.4 Å². The molecule has 1 saturated heterocycles. The number of hydrogen-bond acceptors (Lipinski definition) is 3. The van der Waals surface area contributed by atoms with Gasteiger partial charge in [-0.3, -0.25) is 9.48 Å². The second-order valence-corrected chi connectivity index (χ2v) is 6.87. The number of nitrogens with zero attached hydrogens (tertiary/aromatic N) is 3. The lowest BCUT2D eigenvalue weighted by atomic mass is 10.0. The summed E-state index contributed by atoms with van der Waals surface area (Å²) in [5.74, 6) is 0.191. The molecule has 1 aromatic carbocycles. The van der Waals surface area contributed by atoms with Crippen molar-refractivity contribution in [2.45, 2.75) is 39.7 Å². The average molecular weight is 341 g/mol. The molecule has 1 fully saturated rings. The molecule has 3 rings (SSSR count). The number of ether oxygens (including phenoxy) is 1. The number of aromatic nitrogens is 2. The molecule has 2 aromatic rings. The zero-order valence-corrected chi connectivity index (χ0v) is 15.6. The predicted octanol–water partition coefficient (Wildman–Crippen LogP) is 2.88. The highest BCUT2D eigenvalue weighted by atomic mass is 16.5. The van der Waals surface area contributed by atoms with Crippen molar-refractivity contribution in [1.29, 1.82) is 0 Å². The van der Waals surface area contributed by atoms with Crippen molar-refractivity contribution in [3.63, 3.8) is 0 Å². The molecule has 0 aliphatic carbocycles. The first kappa shape index (κ1) is 17.7. The Hall–Kier alpha value is -2.14. The molecule has 25 heavy (non-hydrogen) atoms. The van der Waals surface area contributed by atoms with E-state index in [1.165, 1.54) is 11.1 Å². The van der Waals surface area contributed by atoms with Crippen LogP contribution in [0, 0.1) is 20.8 Å². The van der Waals surface area contributed by atoms with Crippen LogP contribution >= 0.6 is 0 Å². The van der Waals surface area contributed by atoms with E-state index in [4.69, 9.17) is 4.74 Å². The van der Waals surface area contributed by atoms with Crippen molar-refractivity contribution < 1.29 is 9.53 Å². The van der Waals surface area contributed by atoms with Crippen molar-refractivity contribution in [3.8, 4) is 0 Å². The lowest BCUT2D eigenvalue weighted by Crippen LogP contribution is -2.43. The van der Waals surface area contributed by atoms with E-state index in [1.807, 2.05) is 23.6 Å². The van der Waals surface area contributed by atoms with Gasteiger partial charge in [0.25, 0.3) is 0 Å². The molecule has 1 aromatic heterocycles. The Morgan fingerprint density at radius 1 is 1.24 bits per heavy atom. The molecule has 0 unspecified atom stereocenters. The summed E-state index contributed by atoms with van der Waals surface area (Å²) in [6.07, 6.45) is 1.30. The molecule has 0 saturated carbocycles. The Bertz CT molecular complexity index is 749. The van der Waals surface area contributed by atoms with Gasteiger partial charge in [-0.2, -0.15) is 5.10 Å². The van der Waals surface area contributed by atoms with E-state index in [-0.39, 0.29) is 11.9 Å². The van der Waals surface area contributed by atoms with E-state index in [1.54, 1.807) is 0 Å². The Morgan fingerprint density at radius 3 is 2.60 bits per heavy atom. The molecule has 1 aliphatic rings. The van der Waals surface area contributed by atoms with Crippen molar-refractivity contribution in [3.05, 3.63) is 52.3 Å². The Balaban J connectivity index is 1.74. The van der Waals surface area contributed by atoms with Gasteiger partial charge in [0.05, 0.1) is 24.9 Å². The van der Waals surface area contributed by atoms with Gasteiger partial charge < -0.3 is 9.64 Å². The highest BCUT2D eigenvalue weighted by Crippen LogP contribution is 2.29. The SMILES string of the molecule is Cc1ccc(CCC(=O)N2CCOC[C@H]2c2c(C)nn(C)c2C)cc1. The molecule has 5 heteroatoms. The zero-order chi connectivity index (χ0) is 18.0. The van der Waals surface area contributed by atoms with Crippen molar-refractivity contribution in [1.82, 2.24) is 14.7 Å². The van der Waals surface area contributed by atoms with Crippen LogP contribution in [0.3, 0.4) is 0 Å². The standard InChI is InChI=1S/C20H27N3O2/c1-14-5-7-17(8-6-14)9-10-19(24)23-11-12-25-13-18(23)20-15(2)21-22(4)16(20)3/h5-8,18H,9-13H2,1-4H3/t18-/m0/s1. The lowest BCUT2D eigenvalue weighted by molar-refractivity contribution is -0.140. The molecule has 0 radical (unpaired) electrons. The van der Waals surface area contributed by atoms with Crippen LogP contribution in [0.5, 0.6) is 0 Å². The van der Waals surface area contributed by atoms with Gasteiger partial charge in [-0.05, 0) is 32.8 Å². The fourth-order valence-corrected chi connectivity index (χ4v) is 3.56. The number of morpholine rings is 1. The van der Waals surface area contributed by atoms with Gasteiger partial charge in [-0.1, -0.05) is 29.8 Å². The van der Waals surface area contributed by atoms with Crippen molar-refractivity contribution >= 4 is 5.91 Å². The second-order valence-electron chi connectivity index (χ2n) is 6.87. The van der Waals surface area contributed by atoms with Gasteiger partial charge in [0.1, 0.15) is 0 Å². The quantitative estimate of drug-likeness (QED) is 0.859. The maximum atomic E-state index is 12.9. The topological polar surface area (TPSA) is 47.4 Å². The Labute approximate surface area is 149 Å². The van der Waals surface area contributed by atoms with Crippen LogP contribution in [0.25, 0.3) is 0 Å². The van der Waals surface area contributed by atoms with Gasteiger partial charge in [-0.15, -0.1) is 0 Å². The maximum Gasteiger partial charge on any atom is 0.223 e. The van der Waals surface area contributed by atoms with Crippen LogP contribution in [-0.4, -0.2) is 40.3 Å². The van der Waals surface area contributed by atoms with Crippen LogP contribution in [0.2, 0.25) is 0 Å². The van der Waals surface area contributed by atoms with E-state index in [9.17, 15) is 4.79 Å². The van der Waals surface area contributed by atoms with E-state index in [0.29, 0.717) is 26.2 Å². The summed E-state index contributed by atoms with van der Waals surface area (Å²) in [4.78, 5) is 14.9. The fourth-order valence-electron chi connectivity index (χ4n) is 3.56. The fraction of sp³-hybridized carbons (Fsp3) is 0.500. The zero-order valence-electron chi connectivity index (χ0n) is 15.6. The minimum Gasteiger partial charge on any atom is -0.377 e. The van der Waals surface area contributed by atoms with Crippen LogP contribution in [0.4, 0.5) is 0 Å². The first-order chi connectivity index (χ1) is 12.0. The molecular formula is C20H27N3O2. The number of carbonyl (C=O) groups is 1. The summed E-state index contributed by atoms with van der Waals surface area (Å²) in [6, 6.07) is 8.37. The Morgan fingerprint density at radius 2 is 1.96 bits per heavy atom. The van der Waals surface area contributed by atoms with Crippen molar-refractivity contribution in [2.24, 2.45) is 7.05 Å². The molecule has 0 N–H and O–H groups in total. The number of carbonyl (C=O) groups excluding carboxylic acids is 1. The predicted molar refractivity (Wildman–Crippen MR) is 97.5 cm³/mol. The molecule has 0 bridgehead atoms. The van der Waals surface area contributed by atoms with Gasteiger partial charge >= 0.3 is 0 Å². The molecule has 1 amide bonds. The van der Waals surface area contributed by atoms with Gasteiger partial charge in [0.15, 0.2) is 0 Å². The third-order valence-corrected chi connectivity index (χ3v) is 5.10. The maximum absolute atomic E-state index is 12.9. The highest BCUT2D eigenvalue weighted by molar-refractivity contribution is 5.77. The summed E-state index contributed by atoms with van der Waals surface area (Å²) in [7, 11) is 1.94. The van der Waals surface area contributed by atoms with E-state index < -0.39 is 0 Å². The Kier molecular flexibility index (Phi) is 5.23. The van der Waals surface area contributed by atoms with Crippen LogP contribution in [0.15, 0.2) is 24.3 Å². The monoisotopic (exact) mass is 341 g/mol. The minimum atomic E-state index is -0.0343. The summed E-state index contributed by atoms with van der Waals surface area (Å²) >= 11 is 0. The number of benzene rings is 1. The summed E-state index contributed by atoms with van der Waals surface area (Å²) in [5.41, 5.74) is 5.66.